The first-order valence-corrected chi connectivity index (χ1v) is 8.71. The van der Waals surface area contributed by atoms with E-state index < -0.39 is 0 Å². The molecule has 2 rings (SSSR count). The Bertz CT molecular complexity index is 283. The van der Waals surface area contributed by atoms with E-state index in [4.69, 9.17) is 14.2 Å². The zero-order valence-corrected chi connectivity index (χ0v) is 13.9. The highest BCUT2D eigenvalue weighted by molar-refractivity contribution is 5.00. The van der Waals surface area contributed by atoms with Crippen LogP contribution in [0.1, 0.15) is 45.4 Å². The van der Waals surface area contributed by atoms with Crippen molar-refractivity contribution in [1.82, 2.24) is 5.32 Å². The molecule has 2 unspecified atom stereocenters. The van der Waals surface area contributed by atoms with Crippen molar-refractivity contribution in [3.05, 3.63) is 0 Å². The molecule has 1 saturated carbocycles. The van der Waals surface area contributed by atoms with Crippen molar-refractivity contribution in [2.75, 3.05) is 46.6 Å². The highest BCUT2D eigenvalue weighted by atomic mass is 16.5. The topological polar surface area (TPSA) is 39.7 Å². The van der Waals surface area contributed by atoms with Crippen molar-refractivity contribution in [2.24, 2.45) is 11.3 Å². The van der Waals surface area contributed by atoms with E-state index in [0.29, 0.717) is 6.10 Å². The van der Waals surface area contributed by atoms with E-state index in [-0.39, 0.29) is 5.41 Å². The highest BCUT2D eigenvalue weighted by Gasteiger charge is 2.50. The molecule has 2 fully saturated rings. The molecule has 0 aromatic rings. The molecule has 1 heterocycles. The molecule has 1 aliphatic heterocycles. The maximum Gasteiger partial charge on any atom is 0.0673 e. The zero-order chi connectivity index (χ0) is 15.0. The second kappa shape index (κ2) is 9.09. The van der Waals surface area contributed by atoms with Crippen molar-refractivity contribution >= 4 is 0 Å². The average Bonchev–Trinajstić information content (AvgIpc) is 3.25. The third-order valence-corrected chi connectivity index (χ3v) is 4.90. The fourth-order valence-corrected chi connectivity index (χ4v) is 3.42. The van der Waals surface area contributed by atoms with E-state index in [9.17, 15) is 0 Å². The van der Waals surface area contributed by atoms with Gasteiger partial charge in [-0.3, -0.25) is 0 Å². The monoisotopic (exact) mass is 299 g/mol. The van der Waals surface area contributed by atoms with Crippen LogP contribution in [0.2, 0.25) is 0 Å². The summed E-state index contributed by atoms with van der Waals surface area (Å²) in [6.45, 7) is 7.64. The molecule has 1 saturated heterocycles. The molecule has 0 amide bonds. The Labute approximate surface area is 129 Å². The maximum atomic E-state index is 6.10. The first-order valence-electron chi connectivity index (χ1n) is 8.71. The van der Waals surface area contributed by atoms with Gasteiger partial charge in [-0.1, -0.05) is 13.3 Å². The minimum Gasteiger partial charge on any atom is -0.383 e. The van der Waals surface area contributed by atoms with Crippen LogP contribution in [0.3, 0.4) is 0 Å². The third kappa shape index (κ3) is 5.20. The summed E-state index contributed by atoms with van der Waals surface area (Å²) in [6.07, 6.45) is 7.81. The summed E-state index contributed by atoms with van der Waals surface area (Å²) in [5.74, 6) is 0.798. The minimum atomic E-state index is 0.279. The van der Waals surface area contributed by atoms with Crippen molar-refractivity contribution in [3.63, 3.8) is 0 Å². The summed E-state index contributed by atoms with van der Waals surface area (Å²) >= 11 is 0. The van der Waals surface area contributed by atoms with Gasteiger partial charge in [-0.05, 0) is 38.0 Å². The Hall–Kier alpha value is -0.160. The van der Waals surface area contributed by atoms with E-state index in [1.54, 1.807) is 7.11 Å². The molecule has 0 radical (unpaired) electrons. The van der Waals surface area contributed by atoms with E-state index in [2.05, 4.69) is 12.2 Å². The summed E-state index contributed by atoms with van der Waals surface area (Å²) in [5.41, 5.74) is 0.279. The molecule has 124 valence electrons. The van der Waals surface area contributed by atoms with Crippen LogP contribution in [-0.4, -0.2) is 52.7 Å². The van der Waals surface area contributed by atoms with Crippen molar-refractivity contribution in [1.29, 1.82) is 0 Å². The van der Waals surface area contributed by atoms with Crippen molar-refractivity contribution < 1.29 is 14.2 Å². The average molecular weight is 299 g/mol. The summed E-state index contributed by atoms with van der Waals surface area (Å²) < 4.78 is 17.1. The Morgan fingerprint density at radius 2 is 2.10 bits per heavy atom. The van der Waals surface area contributed by atoms with E-state index in [1.807, 2.05) is 0 Å². The smallest absolute Gasteiger partial charge is 0.0673 e. The molecule has 0 spiro atoms. The molecule has 4 nitrogen and oxygen atoms in total. The van der Waals surface area contributed by atoms with Gasteiger partial charge in [0.25, 0.3) is 0 Å². The molecular formula is C17H33NO3. The summed E-state index contributed by atoms with van der Waals surface area (Å²) in [4.78, 5) is 0. The second-order valence-corrected chi connectivity index (χ2v) is 6.63. The first-order chi connectivity index (χ1) is 10.3. The third-order valence-electron chi connectivity index (χ3n) is 4.90. The van der Waals surface area contributed by atoms with Crippen LogP contribution in [0.25, 0.3) is 0 Å². The summed E-state index contributed by atoms with van der Waals surface area (Å²) in [5, 5.41) is 3.57. The Morgan fingerprint density at radius 1 is 1.24 bits per heavy atom. The lowest BCUT2D eigenvalue weighted by molar-refractivity contribution is 0.00778. The van der Waals surface area contributed by atoms with Gasteiger partial charge in [0.2, 0.25) is 0 Å². The fraction of sp³-hybridized carbons (Fsp3) is 1.00. The predicted octanol–water partition coefficient (Wildman–Crippen LogP) is 2.61. The van der Waals surface area contributed by atoms with Gasteiger partial charge in [0, 0.05) is 45.4 Å². The number of ether oxygens (including phenoxy) is 3. The van der Waals surface area contributed by atoms with Gasteiger partial charge in [0.15, 0.2) is 0 Å². The van der Waals surface area contributed by atoms with Gasteiger partial charge in [-0.15, -0.1) is 0 Å². The number of nitrogens with one attached hydrogen (secondary N) is 1. The van der Waals surface area contributed by atoms with Crippen LogP contribution in [0.5, 0.6) is 0 Å². The van der Waals surface area contributed by atoms with Crippen LogP contribution in [-0.2, 0) is 14.2 Å². The molecule has 0 aromatic carbocycles. The van der Waals surface area contributed by atoms with Gasteiger partial charge in [-0.2, -0.15) is 0 Å². The van der Waals surface area contributed by atoms with Crippen molar-refractivity contribution in [2.45, 2.75) is 51.6 Å². The highest BCUT2D eigenvalue weighted by Crippen LogP contribution is 2.49. The lowest BCUT2D eigenvalue weighted by atomic mass is 9.76. The molecule has 1 aliphatic carbocycles. The number of unbranched alkanes of at least 4 members (excludes halogenated alkanes) is 1. The number of hydrogen-bond acceptors (Lipinski definition) is 4. The van der Waals surface area contributed by atoms with Gasteiger partial charge < -0.3 is 19.5 Å². The second-order valence-electron chi connectivity index (χ2n) is 6.63. The van der Waals surface area contributed by atoms with Crippen LogP contribution in [0.4, 0.5) is 0 Å². The van der Waals surface area contributed by atoms with Crippen LogP contribution in [0, 0.1) is 11.3 Å². The van der Waals surface area contributed by atoms with E-state index in [0.717, 1.165) is 51.9 Å². The molecule has 0 bridgehead atoms. The largest absolute Gasteiger partial charge is 0.383 e. The summed E-state index contributed by atoms with van der Waals surface area (Å²) in [6, 6.07) is 0. The number of methoxy groups -OCH3 is 1. The number of hydrogen-bond donors (Lipinski definition) is 1. The van der Waals surface area contributed by atoms with Crippen molar-refractivity contribution in [3.8, 4) is 0 Å². The number of rotatable bonds is 12. The Kier molecular flexibility index (Phi) is 7.44. The van der Waals surface area contributed by atoms with Crippen LogP contribution < -0.4 is 5.32 Å². The van der Waals surface area contributed by atoms with Crippen LogP contribution >= 0.6 is 0 Å². The molecule has 2 aliphatic rings. The normalized spacial score (nSPS) is 29.1. The molecule has 0 aromatic heterocycles. The fourth-order valence-electron chi connectivity index (χ4n) is 3.42. The zero-order valence-electron chi connectivity index (χ0n) is 13.9. The standard InChI is InChI=1S/C17H33NO3/c1-3-4-10-20-11-7-17(14-18-9-13-19-2)8-12-21-16(17)15-5-6-15/h15-16,18H,3-14H2,1-2H3. The predicted molar refractivity (Wildman–Crippen MR) is 84.6 cm³/mol. The van der Waals surface area contributed by atoms with Crippen LogP contribution in [0.15, 0.2) is 0 Å². The van der Waals surface area contributed by atoms with Gasteiger partial charge in [0.1, 0.15) is 0 Å². The molecular weight excluding hydrogens is 266 g/mol. The minimum absolute atomic E-state index is 0.279. The Balaban J connectivity index is 1.80. The first kappa shape index (κ1) is 17.2. The molecule has 4 heteroatoms. The Morgan fingerprint density at radius 3 is 2.81 bits per heavy atom. The lowest BCUT2D eigenvalue weighted by Crippen LogP contribution is -2.43. The quantitative estimate of drug-likeness (QED) is 0.562. The molecule has 21 heavy (non-hydrogen) atoms. The van der Waals surface area contributed by atoms with Gasteiger partial charge >= 0.3 is 0 Å². The SMILES string of the molecule is CCCCOCCC1(CNCCOC)CCOC1C1CC1. The molecule has 1 N–H and O–H groups in total. The van der Waals surface area contributed by atoms with E-state index in [1.165, 1.54) is 32.1 Å². The summed E-state index contributed by atoms with van der Waals surface area (Å²) in [7, 11) is 1.75. The van der Waals surface area contributed by atoms with Gasteiger partial charge in [-0.25, -0.2) is 0 Å². The lowest BCUT2D eigenvalue weighted by Gasteiger charge is -2.35. The maximum absolute atomic E-state index is 6.10. The molecule has 2 atom stereocenters. The van der Waals surface area contributed by atoms with E-state index >= 15 is 0 Å². The van der Waals surface area contributed by atoms with Gasteiger partial charge in [0.05, 0.1) is 12.7 Å².